The summed E-state index contributed by atoms with van der Waals surface area (Å²) in [5, 5.41) is 12.5. The molecule has 1 heterocycles. The van der Waals surface area contributed by atoms with E-state index >= 15 is 0 Å². The Hall–Kier alpha value is -1.69. The van der Waals surface area contributed by atoms with E-state index in [2.05, 4.69) is 27.8 Å². The summed E-state index contributed by atoms with van der Waals surface area (Å²) in [5.41, 5.74) is -0.0418. The third-order valence-corrected chi connectivity index (χ3v) is 3.66. The second kappa shape index (κ2) is 7.19. The van der Waals surface area contributed by atoms with E-state index in [9.17, 15) is 9.59 Å². The lowest BCUT2D eigenvalue weighted by molar-refractivity contribution is 0.0918. The van der Waals surface area contributed by atoms with Crippen LogP contribution in [0.15, 0.2) is 16.9 Å². The predicted octanol–water partition coefficient (Wildman–Crippen LogP) is 0.810. The monoisotopic (exact) mass is 278 g/mol. The van der Waals surface area contributed by atoms with Gasteiger partial charge in [0.2, 0.25) is 0 Å². The minimum absolute atomic E-state index is 0.205. The molecule has 1 aromatic rings. The molecule has 0 spiro atoms. The molecular formula is C14H22N4O2. The first-order valence-corrected chi connectivity index (χ1v) is 7.29. The van der Waals surface area contributed by atoms with Crippen molar-refractivity contribution < 1.29 is 4.79 Å². The maximum Gasteiger partial charge on any atom is 0.271 e. The first kappa shape index (κ1) is 14.7. The number of nitrogens with one attached hydrogen (secondary N) is 3. The molecular weight excluding hydrogens is 256 g/mol. The number of H-pyrrole nitrogens is 1. The van der Waals surface area contributed by atoms with Gasteiger partial charge in [0, 0.05) is 18.2 Å². The zero-order chi connectivity index (χ0) is 14.4. The average Bonchev–Trinajstić information content (AvgIpc) is 2.47. The minimum atomic E-state index is -0.302. The smallest absolute Gasteiger partial charge is 0.271 e. The van der Waals surface area contributed by atoms with Gasteiger partial charge in [0.15, 0.2) is 0 Å². The highest BCUT2D eigenvalue weighted by Gasteiger charge is 2.22. The van der Waals surface area contributed by atoms with Gasteiger partial charge in [-0.15, -0.1) is 0 Å². The Morgan fingerprint density at radius 2 is 2.00 bits per heavy atom. The highest BCUT2D eigenvalue weighted by molar-refractivity contribution is 5.92. The predicted molar refractivity (Wildman–Crippen MR) is 76.7 cm³/mol. The van der Waals surface area contributed by atoms with Crippen molar-refractivity contribution in [2.24, 2.45) is 0 Å². The van der Waals surface area contributed by atoms with Crippen molar-refractivity contribution in [3.05, 3.63) is 28.2 Å². The summed E-state index contributed by atoms with van der Waals surface area (Å²) < 4.78 is 0. The van der Waals surface area contributed by atoms with Crippen molar-refractivity contribution >= 4 is 5.91 Å². The Balaban J connectivity index is 1.79. The molecule has 1 amide bonds. The number of carbonyl (C=O) groups excluding carboxylic acids is 1. The number of carbonyl (C=O) groups is 1. The standard InChI is InChI=1S/C14H22N4O2/c1-2-9-15-10-3-5-11(6-4-10)16-14(20)12-7-8-13(19)18-17-12/h7-8,10-11,15H,2-6,9H2,1H3,(H,16,20)(H,18,19). The lowest BCUT2D eigenvalue weighted by Crippen LogP contribution is -2.42. The van der Waals surface area contributed by atoms with Crippen LogP contribution in [0.1, 0.15) is 49.5 Å². The van der Waals surface area contributed by atoms with E-state index < -0.39 is 0 Å². The Morgan fingerprint density at radius 1 is 1.30 bits per heavy atom. The van der Waals surface area contributed by atoms with E-state index in [1.54, 1.807) is 0 Å². The summed E-state index contributed by atoms with van der Waals surface area (Å²) in [6.45, 7) is 3.22. The van der Waals surface area contributed by atoms with Gasteiger partial charge >= 0.3 is 0 Å². The van der Waals surface area contributed by atoms with Crippen LogP contribution in [0, 0.1) is 0 Å². The fourth-order valence-electron chi connectivity index (χ4n) is 2.52. The highest BCUT2D eigenvalue weighted by Crippen LogP contribution is 2.18. The van der Waals surface area contributed by atoms with Gasteiger partial charge in [0.1, 0.15) is 5.69 Å². The van der Waals surface area contributed by atoms with Crippen molar-refractivity contribution in [3.63, 3.8) is 0 Å². The number of hydrogen-bond acceptors (Lipinski definition) is 4. The van der Waals surface area contributed by atoms with Gasteiger partial charge in [0.25, 0.3) is 11.5 Å². The SMILES string of the molecule is CCCNC1CCC(NC(=O)c2ccc(=O)[nH]n2)CC1. The van der Waals surface area contributed by atoms with Crippen molar-refractivity contribution in [1.82, 2.24) is 20.8 Å². The van der Waals surface area contributed by atoms with Crippen LogP contribution in [0.25, 0.3) is 0 Å². The number of amides is 1. The number of aromatic nitrogens is 2. The molecule has 1 aliphatic rings. The maximum absolute atomic E-state index is 12.0. The van der Waals surface area contributed by atoms with Crippen molar-refractivity contribution in [1.29, 1.82) is 0 Å². The minimum Gasteiger partial charge on any atom is -0.348 e. The zero-order valence-electron chi connectivity index (χ0n) is 11.8. The molecule has 0 aliphatic heterocycles. The molecule has 1 saturated carbocycles. The Labute approximate surface area is 118 Å². The van der Waals surface area contributed by atoms with E-state index in [0.29, 0.717) is 6.04 Å². The van der Waals surface area contributed by atoms with E-state index in [4.69, 9.17) is 0 Å². The van der Waals surface area contributed by atoms with Crippen molar-refractivity contribution in [3.8, 4) is 0 Å². The van der Waals surface area contributed by atoms with Gasteiger partial charge in [-0.2, -0.15) is 5.10 Å². The van der Waals surface area contributed by atoms with Gasteiger partial charge in [0.05, 0.1) is 0 Å². The van der Waals surface area contributed by atoms with Crippen LogP contribution in [0.3, 0.4) is 0 Å². The van der Waals surface area contributed by atoms with E-state index in [0.717, 1.165) is 38.6 Å². The Bertz CT molecular complexity index is 472. The molecule has 6 heteroatoms. The largest absolute Gasteiger partial charge is 0.348 e. The highest BCUT2D eigenvalue weighted by atomic mass is 16.2. The summed E-state index contributed by atoms with van der Waals surface area (Å²) in [6.07, 6.45) is 5.29. The van der Waals surface area contributed by atoms with E-state index in [1.807, 2.05) is 0 Å². The quantitative estimate of drug-likeness (QED) is 0.744. The van der Waals surface area contributed by atoms with Gasteiger partial charge in [-0.3, -0.25) is 9.59 Å². The number of hydrogen-bond donors (Lipinski definition) is 3. The van der Waals surface area contributed by atoms with Crippen LogP contribution in [0.4, 0.5) is 0 Å². The number of nitrogens with zero attached hydrogens (tertiary/aromatic N) is 1. The lowest BCUT2D eigenvalue weighted by atomic mass is 9.91. The molecule has 6 nitrogen and oxygen atoms in total. The third kappa shape index (κ3) is 4.16. The second-order valence-electron chi connectivity index (χ2n) is 5.28. The first-order valence-electron chi connectivity index (χ1n) is 7.29. The molecule has 2 rings (SSSR count). The lowest BCUT2D eigenvalue weighted by Gasteiger charge is -2.29. The van der Waals surface area contributed by atoms with Crippen molar-refractivity contribution in [2.75, 3.05) is 6.54 Å². The Morgan fingerprint density at radius 3 is 2.60 bits per heavy atom. The molecule has 20 heavy (non-hydrogen) atoms. The fraction of sp³-hybridized carbons (Fsp3) is 0.643. The number of rotatable bonds is 5. The topological polar surface area (TPSA) is 86.9 Å². The maximum atomic E-state index is 12.0. The van der Waals surface area contributed by atoms with E-state index in [-0.39, 0.29) is 23.2 Å². The van der Waals surface area contributed by atoms with Crippen LogP contribution in [-0.2, 0) is 0 Å². The van der Waals surface area contributed by atoms with Crippen LogP contribution >= 0.6 is 0 Å². The van der Waals surface area contributed by atoms with Crippen LogP contribution in [0.5, 0.6) is 0 Å². The molecule has 0 radical (unpaired) electrons. The number of aromatic amines is 1. The average molecular weight is 278 g/mol. The normalized spacial score (nSPS) is 22.4. The molecule has 0 unspecified atom stereocenters. The van der Waals surface area contributed by atoms with Crippen LogP contribution < -0.4 is 16.2 Å². The molecule has 1 fully saturated rings. The fourth-order valence-corrected chi connectivity index (χ4v) is 2.52. The second-order valence-corrected chi connectivity index (χ2v) is 5.28. The van der Waals surface area contributed by atoms with Gasteiger partial charge in [-0.25, -0.2) is 5.10 Å². The van der Waals surface area contributed by atoms with Gasteiger partial charge < -0.3 is 10.6 Å². The molecule has 1 aliphatic carbocycles. The Kier molecular flexibility index (Phi) is 5.29. The molecule has 0 saturated heterocycles. The summed E-state index contributed by atoms with van der Waals surface area (Å²) in [4.78, 5) is 22.9. The van der Waals surface area contributed by atoms with Gasteiger partial charge in [-0.1, -0.05) is 6.92 Å². The molecule has 0 aromatic carbocycles. The molecule has 1 aromatic heterocycles. The van der Waals surface area contributed by atoms with Gasteiger partial charge in [-0.05, 0) is 44.7 Å². The third-order valence-electron chi connectivity index (χ3n) is 3.66. The molecule has 110 valence electrons. The summed E-state index contributed by atoms with van der Waals surface area (Å²) in [6, 6.07) is 3.54. The zero-order valence-corrected chi connectivity index (χ0v) is 11.8. The molecule has 0 bridgehead atoms. The summed E-state index contributed by atoms with van der Waals surface area (Å²) in [5.74, 6) is -0.216. The van der Waals surface area contributed by atoms with E-state index in [1.165, 1.54) is 12.1 Å². The first-order chi connectivity index (χ1) is 9.69. The van der Waals surface area contributed by atoms with Crippen molar-refractivity contribution in [2.45, 2.75) is 51.1 Å². The van der Waals surface area contributed by atoms with Crippen LogP contribution in [-0.4, -0.2) is 34.7 Å². The summed E-state index contributed by atoms with van der Waals surface area (Å²) >= 11 is 0. The molecule has 3 N–H and O–H groups in total. The van der Waals surface area contributed by atoms with Crippen LogP contribution in [0.2, 0.25) is 0 Å². The molecule has 0 atom stereocenters. The summed E-state index contributed by atoms with van der Waals surface area (Å²) in [7, 11) is 0.